The number of rotatable bonds is 4. The third-order valence-electron chi connectivity index (χ3n) is 4.23. The van der Waals surface area contributed by atoms with Crippen molar-refractivity contribution in [2.75, 3.05) is 17.7 Å². The molecule has 2 amide bonds. The van der Waals surface area contributed by atoms with Crippen molar-refractivity contribution in [3.63, 3.8) is 0 Å². The third kappa shape index (κ3) is 3.69. The molecule has 0 radical (unpaired) electrons. The number of anilines is 2. The number of nitrogens with zero attached hydrogens (tertiary/aromatic N) is 6. The molecular weight excluding hydrogens is 419 g/mol. The van der Waals surface area contributed by atoms with E-state index in [1.54, 1.807) is 32.4 Å². The summed E-state index contributed by atoms with van der Waals surface area (Å²) in [5.41, 5.74) is 2.52. The summed E-state index contributed by atoms with van der Waals surface area (Å²) in [5.74, 6) is 0.573. The summed E-state index contributed by atoms with van der Waals surface area (Å²) in [5, 5.41) is 14.6. The molecule has 4 rings (SSSR count). The van der Waals surface area contributed by atoms with Crippen molar-refractivity contribution in [1.29, 1.82) is 0 Å². The molecule has 150 valence electrons. The highest BCUT2D eigenvalue weighted by Crippen LogP contribution is 2.27. The van der Waals surface area contributed by atoms with Crippen molar-refractivity contribution in [3.8, 4) is 0 Å². The van der Waals surface area contributed by atoms with Gasteiger partial charge in [-0.1, -0.05) is 23.2 Å². The first-order chi connectivity index (χ1) is 13.9. The number of nitrogens with one attached hydrogen (secondary N) is 2. The molecule has 0 spiro atoms. The molecule has 0 aliphatic carbocycles. The van der Waals surface area contributed by atoms with Gasteiger partial charge in [-0.2, -0.15) is 10.2 Å². The molecule has 0 aliphatic heterocycles. The second-order valence-electron chi connectivity index (χ2n) is 6.26. The number of pyridine rings is 1. The predicted molar refractivity (Wildman–Crippen MR) is 109 cm³/mol. The highest BCUT2D eigenvalue weighted by atomic mass is 35.5. The molecule has 0 fully saturated rings. The topological polar surface area (TPSA) is 111 Å². The lowest BCUT2D eigenvalue weighted by molar-refractivity contribution is 0.114. The smallest absolute Gasteiger partial charge is 0.323 e. The van der Waals surface area contributed by atoms with Gasteiger partial charge in [0.25, 0.3) is 0 Å². The zero-order chi connectivity index (χ0) is 20.7. The number of aromatic nitrogens is 6. The standard InChI is InChI=1S/C17H16Cl2N8O2/c1-8(29-3)15-12(6-20-14-5-13(19)25-27(14)15)23-17(28)22-10-4-11(18)16-21-9(2)24-26(16)7-10/h4-8H,1-3H3,(H2,22,23,28)/t8-/m0/s1. The fourth-order valence-electron chi connectivity index (χ4n) is 2.93. The lowest BCUT2D eigenvalue weighted by Gasteiger charge is -2.17. The van der Waals surface area contributed by atoms with Gasteiger partial charge in [-0.05, 0) is 19.9 Å². The van der Waals surface area contributed by atoms with Gasteiger partial charge in [0, 0.05) is 13.2 Å². The molecule has 1 atom stereocenters. The first-order valence-electron chi connectivity index (χ1n) is 8.53. The first kappa shape index (κ1) is 19.4. The molecule has 10 nitrogen and oxygen atoms in total. The van der Waals surface area contributed by atoms with Crippen molar-refractivity contribution in [1.82, 2.24) is 29.2 Å². The number of amides is 2. The van der Waals surface area contributed by atoms with Crippen molar-refractivity contribution in [2.24, 2.45) is 0 Å². The van der Waals surface area contributed by atoms with E-state index in [0.717, 1.165) is 0 Å². The quantitative estimate of drug-likeness (QED) is 0.505. The number of carbonyl (C=O) groups is 1. The van der Waals surface area contributed by atoms with Crippen molar-refractivity contribution < 1.29 is 9.53 Å². The highest BCUT2D eigenvalue weighted by molar-refractivity contribution is 6.33. The number of ether oxygens (including phenoxy) is 1. The summed E-state index contributed by atoms with van der Waals surface area (Å²) in [4.78, 5) is 21.1. The van der Waals surface area contributed by atoms with Gasteiger partial charge < -0.3 is 15.4 Å². The normalized spacial score (nSPS) is 12.4. The van der Waals surface area contributed by atoms with Gasteiger partial charge in [-0.3, -0.25) is 0 Å². The summed E-state index contributed by atoms with van der Waals surface area (Å²) in [6, 6.07) is 2.72. The molecule has 0 saturated heterocycles. The Balaban J connectivity index is 1.64. The average molecular weight is 435 g/mol. The lowest BCUT2D eigenvalue weighted by Crippen LogP contribution is -2.22. The van der Waals surface area contributed by atoms with E-state index in [4.69, 9.17) is 27.9 Å². The third-order valence-corrected chi connectivity index (χ3v) is 4.69. The molecular formula is C17H16Cl2N8O2. The molecule has 4 aromatic heterocycles. The van der Waals surface area contributed by atoms with Crippen LogP contribution in [0.1, 0.15) is 24.5 Å². The maximum atomic E-state index is 12.6. The number of hydrogen-bond acceptors (Lipinski definition) is 6. The van der Waals surface area contributed by atoms with E-state index in [1.165, 1.54) is 15.2 Å². The fourth-order valence-corrected chi connectivity index (χ4v) is 3.35. The van der Waals surface area contributed by atoms with E-state index in [9.17, 15) is 4.79 Å². The number of urea groups is 1. The number of fused-ring (bicyclic) bond motifs is 2. The Bertz CT molecular complexity index is 1240. The van der Waals surface area contributed by atoms with Crippen LogP contribution in [0.3, 0.4) is 0 Å². The van der Waals surface area contributed by atoms with Gasteiger partial charge in [0.15, 0.2) is 16.4 Å². The Morgan fingerprint density at radius 1 is 1.24 bits per heavy atom. The van der Waals surface area contributed by atoms with Crippen molar-refractivity contribution >= 4 is 51.9 Å². The van der Waals surface area contributed by atoms with Gasteiger partial charge in [0.2, 0.25) is 0 Å². The molecule has 2 N–H and O–H groups in total. The van der Waals surface area contributed by atoms with Crippen LogP contribution in [-0.4, -0.2) is 42.3 Å². The lowest BCUT2D eigenvalue weighted by atomic mass is 10.2. The zero-order valence-corrected chi connectivity index (χ0v) is 17.2. The SMILES string of the molecule is CO[C@@H](C)c1c(NC(=O)Nc2cc(Cl)c3nc(C)nn3c2)cnc2cc(Cl)nn12. The number of methoxy groups -OCH3 is 1. The number of carbonyl (C=O) groups excluding carboxylic acids is 1. The maximum Gasteiger partial charge on any atom is 0.323 e. The summed E-state index contributed by atoms with van der Waals surface area (Å²) in [6.07, 6.45) is 2.76. The van der Waals surface area contributed by atoms with Gasteiger partial charge in [-0.15, -0.1) is 0 Å². The molecule has 4 heterocycles. The minimum absolute atomic E-state index is 0.287. The Morgan fingerprint density at radius 3 is 2.79 bits per heavy atom. The predicted octanol–water partition coefficient (Wildman–Crippen LogP) is 3.74. The van der Waals surface area contributed by atoms with Crippen LogP contribution in [0.25, 0.3) is 11.3 Å². The van der Waals surface area contributed by atoms with Crippen LogP contribution >= 0.6 is 23.2 Å². The van der Waals surface area contributed by atoms with Crippen LogP contribution in [0, 0.1) is 6.92 Å². The van der Waals surface area contributed by atoms with Gasteiger partial charge in [-0.25, -0.2) is 23.8 Å². The Hall–Kier alpha value is -2.95. The van der Waals surface area contributed by atoms with Crippen molar-refractivity contribution in [3.05, 3.63) is 46.2 Å². The maximum absolute atomic E-state index is 12.6. The average Bonchev–Trinajstić information content (AvgIpc) is 3.22. The Labute approximate surface area is 174 Å². The van der Waals surface area contributed by atoms with E-state index in [-0.39, 0.29) is 11.3 Å². The molecule has 0 saturated carbocycles. The first-order valence-corrected chi connectivity index (χ1v) is 9.29. The van der Waals surface area contributed by atoms with Crippen LogP contribution < -0.4 is 10.6 Å². The summed E-state index contributed by atoms with van der Waals surface area (Å²) in [7, 11) is 1.56. The van der Waals surface area contributed by atoms with Gasteiger partial charge in [0.1, 0.15) is 5.82 Å². The fraction of sp³-hybridized carbons (Fsp3) is 0.235. The molecule has 0 aromatic carbocycles. The monoisotopic (exact) mass is 434 g/mol. The van der Waals surface area contributed by atoms with E-state index >= 15 is 0 Å². The minimum atomic E-state index is -0.499. The molecule has 0 unspecified atom stereocenters. The van der Waals surface area contributed by atoms with Crippen LogP contribution in [0.15, 0.2) is 24.5 Å². The number of hydrogen-bond donors (Lipinski definition) is 2. The molecule has 29 heavy (non-hydrogen) atoms. The molecule has 4 aromatic rings. The molecule has 12 heteroatoms. The largest absolute Gasteiger partial charge is 0.375 e. The van der Waals surface area contributed by atoms with Crippen LogP contribution in [0.5, 0.6) is 0 Å². The number of halogens is 2. The van der Waals surface area contributed by atoms with Gasteiger partial charge in [0.05, 0.1) is 40.6 Å². The second kappa shape index (κ2) is 7.47. The van der Waals surface area contributed by atoms with Crippen LogP contribution in [-0.2, 0) is 4.74 Å². The molecule has 0 aliphatic rings. The van der Waals surface area contributed by atoms with E-state index in [2.05, 4.69) is 30.8 Å². The Morgan fingerprint density at radius 2 is 2.03 bits per heavy atom. The molecule has 0 bridgehead atoms. The van der Waals surface area contributed by atoms with Crippen LogP contribution in [0.2, 0.25) is 10.2 Å². The highest BCUT2D eigenvalue weighted by Gasteiger charge is 2.19. The summed E-state index contributed by atoms with van der Waals surface area (Å²) in [6.45, 7) is 3.58. The van der Waals surface area contributed by atoms with Gasteiger partial charge >= 0.3 is 6.03 Å². The van der Waals surface area contributed by atoms with E-state index in [0.29, 0.717) is 39.2 Å². The zero-order valence-electron chi connectivity index (χ0n) is 15.6. The van der Waals surface area contributed by atoms with E-state index < -0.39 is 6.03 Å². The van der Waals surface area contributed by atoms with Crippen molar-refractivity contribution in [2.45, 2.75) is 20.0 Å². The Kier molecular flexibility index (Phi) is 4.99. The summed E-state index contributed by atoms with van der Waals surface area (Å²) < 4.78 is 8.46. The number of aryl methyl sites for hydroxylation is 1. The minimum Gasteiger partial charge on any atom is -0.375 e. The summed E-state index contributed by atoms with van der Waals surface area (Å²) >= 11 is 12.2. The van der Waals surface area contributed by atoms with Crippen LogP contribution in [0.4, 0.5) is 16.2 Å². The second-order valence-corrected chi connectivity index (χ2v) is 7.05. The van der Waals surface area contributed by atoms with E-state index in [1.807, 2.05) is 6.92 Å².